The SMILES string of the molecule is CC1=CCCN(C(=O)c2cc(N)ccc2C)C1. The zero-order chi connectivity index (χ0) is 12.4. The molecule has 1 aromatic rings. The lowest BCUT2D eigenvalue weighted by Crippen LogP contribution is -2.35. The number of hydrogen-bond acceptors (Lipinski definition) is 2. The van der Waals surface area contributed by atoms with Gasteiger partial charge in [-0.1, -0.05) is 17.7 Å². The van der Waals surface area contributed by atoms with Crippen molar-refractivity contribution in [1.82, 2.24) is 4.90 Å². The summed E-state index contributed by atoms with van der Waals surface area (Å²) >= 11 is 0. The highest BCUT2D eigenvalue weighted by atomic mass is 16.2. The number of benzene rings is 1. The van der Waals surface area contributed by atoms with Crippen molar-refractivity contribution < 1.29 is 4.79 Å². The van der Waals surface area contributed by atoms with Gasteiger partial charge in [-0.2, -0.15) is 0 Å². The summed E-state index contributed by atoms with van der Waals surface area (Å²) < 4.78 is 0. The van der Waals surface area contributed by atoms with Crippen molar-refractivity contribution in [3.05, 3.63) is 41.0 Å². The maximum atomic E-state index is 12.4. The van der Waals surface area contributed by atoms with Crippen LogP contribution in [0.2, 0.25) is 0 Å². The highest BCUT2D eigenvalue weighted by Crippen LogP contribution is 2.18. The predicted molar refractivity (Wildman–Crippen MR) is 69.9 cm³/mol. The highest BCUT2D eigenvalue weighted by Gasteiger charge is 2.19. The normalized spacial score (nSPS) is 15.6. The summed E-state index contributed by atoms with van der Waals surface area (Å²) in [5.41, 5.74) is 9.34. The Morgan fingerprint density at radius 2 is 2.12 bits per heavy atom. The smallest absolute Gasteiger partial charge is 0.254 e. The van der Waals surface area contributed by atoms with Gasteiger partial charge in [-0.15, -0.1) is 0 Å². The van der Waals surface area contributed by atoms with Crippen LogP contribution in [0.25, 0.3) is 0 Å². The van der Waals surface area contributed by atoms with Crippen LogP contribution >= 0.6 is 0 Å². The standard InChI is InChI=1S/C14H18N2O/c1-10-4-3-7-16(9-10)14(17)13-8-12(15)6-5-11(13)2/h4-6,8H,3,7,9,15H2,1-2H3. The molecule has 17 heavy (non-hydrogen) atoms. The minimum Gasteiger partial charge on any atom is -0.399 e. The number of nitrogens with zero attached hydrogens (tertiary/aromatic N) is 1. The zero-order valence-corrected chi connectivity index (χ0v) is 10.4. The van der Waals surface area contributed by atoms with Crippen LogP contribution in [0.1, 0.15) is 29.3 Å². The molecule has 1 aliphatic heterocycles. The first-order chi connectivity index (χ1) is 8.08. The molecule has 1 heterocycles. The van der Waals surface area contributed by atoms with Crippen molar-refractivity contribution in [3.8, 4) is 0 Å². The number of carbonyl (C=O) groups excluding carboxylic acids is 1. The largest absolute Gasteiger partial charge is 0.399 e. The quantitative estimate of drug-likeness (QED) is 0.594. The van der Waals surface area contributed by atoms with Crippen molar-refractivity contribution >= 4 is 11.6 Å². The molecule has 2 N–H and O–H groups in total. The van der Waals surface area contributed by atoms with Gasteiger partial charge in [-0.05, 0) is 38.0 Å². The van der Waals surface area contributed by atoms with Gasteiger partial charge in [-0.3, -0.25) is 4.79 Å². The Kier molecular flexibility index (Phi) is 3.18. The Balaban J connectivity index is 2.25. The fourth-order valence-corrected chi connectivity index (χ4v) is 2.13. The van der Waals surface area contributed by atoms with Gasteiger partial charge in [0.2, 0.25) is 0 Å². The van der Waals surface area contributed by atoms with E-state index in [9.17, 15) is 4.79 Å². The van der Waals surface area contributed by atoms with E-state index in [2.05, 4.69) is 13.0 Å². The van der Waals surface area contributed by atoms with Gasteiger partial charge in [0.1, 0.15) is 0 Å². The van der Waals surface area contributed by atoms with Crippen LogP contribution in [-0.2, 0) is 0 Å². The molecule has 3 heteroatoms. The van der Waals surface area contributed by atoms with E-state index >= 15 is 0 Å². The monoisotopic (exact) mass is 230 g/mol. The lowest BCUT2D eigenvalue weighted by molar-refractivity contribution is 0.0765. The summed E-state index contributed by atoms with van der Waals surface area (Å²) in [6.07, 6.45) is 3.13. The van der Waals surface area contributed by atoms with Crippen LogP contribution in [0.3, 0.4) is 0 Å². The second kappa shape index (κ2) is 4.62. The fraction of sp³-hybridized carbons (Fsp3) is 0.357. The lowest BCUT2D eigenvalue weighted by atomic mass is 10.0. The third-order valence-corrected chi connectivity index (χ3v) is 3.11. The van der Waals surface area contributed by atoms with Gasteiger partial charge >= 0.3 is 0 Å². The van der Waals surface area contributed by atoms with E-state index in [4.69, 9.17) is 5.73 Å². The van der Waals surface area contributed by atoms with E-state index < -0.39 is 0 Å². The second-order valence-corrected chi connectivity index (χ2v) is 4.64. The molecule has 1 aromatic carbocycles. The van der Waals surface area contributed by atoms with E-state index in [1.54, 1.807) is 6.07 Å². The van der Waals surface area contributed by atoms with E-state index in [0.29, 0.717) is 5.69 Å². The highest BCUT2D eigenvalue weighted by molar-refractivity contribution is 5.96. The summed E-state index contributed by atoms with van der Waals surface area (Å²) in [5, 5.41) is 0. The summed E-state index contributed by atoms with van der Waals surface area (Å²) in [4.78, 5) is 14.2. The van der Waals surface area contributed by atoms with Crippen LogP contribution in [-0.4, -0.2) is 23.9 Å². The van der Waals surface area contributed by atoms with Crippen molar-refractivity contribution in [1.29, 1.82) is 0 Å². The molecule has 0 aromatic heterocycles. The van der Waals surface area contributed by atoms with E-state index in [0.717, 1.165) is 30.6 Å². The second-order valence-electron chi connectivity index (χ2n) is 4.64. The molecule has 0 radical (unpaired) electrons. The first-order valence-corrected chi connectivity index (χ1v) is 5.89. The van der Waals surface area contributed by atoms with Gasteiger partial charge in [0.15, 0.2) is 0 Å². The van der Waals surface area contributed by atoms with Crippen molar-refractivity contribution in [2.75, 3.05) is 18.8 Å². The summed E-state index contributed by atoms with van der Waals surface area (Å²) in [5.74, 6) is 0.0854. The van der Waals surface area contributed by atoms with Crippen LogP contribution in [0.5, 0.6) is 0 Å². The van der Waals surface area contributed by atoms with E-state index in [1.807, 2.05) is 24.0 Å². The number of aryl methyl sites for hydroxylation is 1. The molecule has 1 amide bonds. The van der Waals surface area contributed by atoms with E-state index in [1.165, 1.54) is 5.57 Å². The molecule has 0 aliphatic carbocycles. The number of carbonyl (C=O) groups is 1. The molecule has 2 rings (SSSR count). The van der Waals surface area contributed by atoms with Crippen LogP contribution in [0.4, 0.5) is 5.69 Å². The Labute approximate surface area is 102 Å². The van der Waals surface area contributed by atoms with Gasteiger partial charge in [0.25, 0.3) is 5.91 Å². The molecule has 0 atom stereocenters. The maximum Gasteiger partial charge on any atom is 0.254 e. The predicted octanol–water partition coefficient (Wildman–Crippen LogP) is 2.37. The number of rotatable bonds is 1. The fourth-order valence-electron chi connectivity index (χ4n) is 2.13. The van der Waals surface area contributed by atoms with Gasteiger partial charge in [0, 0.05) is 24.3 Å². The molecule has 0 unspecified atom stereocenters. The topological polar surface area (TPSA) is 46.3 Å². The number of amides is 1. The molecule has 90 valence electrons. The Hall–Kier alpha value is -1.77. The molecule has 0 fully saturated rings. The number of nitrogens with two attached hydrogens (primary N) is 1. The summed E-state index contributed by atoms with van der Waals surface area (Å²) in [6.45, 7) is 5.53. The third kappa shape index (κ3) is 2.49. The number of hydrogen-bond donors (Lipinski definition) is 1. The van der Waals surface area contributed by atoms with Gasteiger partial charge in [-0.25, -0.2) is 0 Å². The van der Waals surface area contributed by atoms with Crippen LogP contribution in [0, 0.1) is 6.92 Å². The average molecular weight is 230 g/mol. The molecular weight excluding hydrogens is 212 g/mol. The van der Waals surface area contributed by atoms with Gasteiger partial charge < -0.3 is 10.6 Å². The Morgan fingerprint density at radius 3 is 2.82 bits per heavy atom. The van der Waals surface area contributed by atoms with E-state index in [-0.39, 0.29) is 5.91 Å². The van der Waals surface area contributed by atoms with Gasteiger partial charge in [0.05, 0.1) is 0 Å². The third-order valence-electron chi connectivity index (χ3n) is 3.11. The lowest BCUT2D eigenvalue weighted by Gasteiger charge is -2.27. The van der Waals surface area contributed by atoms with Crippen LogP contribution in [0.15, 0.2) is 29.8 Å². The Bertz CT molecular complexity index is 477. The number of anilines is 1. The molecule has 0 bridgehead atoms. The minimum absolute atomic E-state index is 0.0854. The molecule has 1 aliphatic rings. The first kappa shape index (κ1) is 11.7. The average Bonchev–Trinajstić information content (AvgIpc) is 2.31. The first-order valence-electron chi connectivity index (χ1n) is 5.89. The van der Waals surface area contributed by atoms with Crippen molar-refractivity contribution in [2.45, 2.75) is 20.3 Å². The van der Waals surface area contributed by atoms with Crippen LogP contribution < -0.4 is 5.73 Å². The van der Waals surface area contributed by atoms with Crippen molar-refractivity contribution in [3.63, 3.8) is 0 Å². The molecular formula is C14H18N2O. The molecule has 0 saturated heterocycles. The number of nitrogen functional groups attached to an aromatic ring is 1. The van der Waals surface area contributed by atoms with Crippen molar-refractivity contribution in [2.24, 2.45) is 0 Å². The Morgan fingerprint density at radius 1 is 1.35 bits per heavy atom. The molecule has 3 nitrogen and oxygen atoms in total. The molecule has 0 spiro atoms. The summed E-state index contributed by atoms with van der Waals surface area (Å²) in [6, 6.07) is 5.49. The minimum atomic E-state index is 0.0854. The molecule has 0 saturated carbocycles. The maximum absolute atomic E-state index is 12.4. The summed E-state index contributed by atoms with van der Waals surface area (Å²) in [7, 11) is 0. The zero-order valence-electron chi connectivity index (χ0n) is 10.4.